The Kier molecular flexibility index (Phi) is 1.08. The Morgan fingerprint density at radius 2 is 2.10 bits per heavy atom. The monoisotopic (exact) mass is 139 g/mol. The molecule has 0 radical (unpaired) electrons. The summed E-state index contributed by atoms with van der Waals surface area (Å²) in [6, 6.07) is 0.447. The topological polar surface area (TPSA) is 29.1 Å². The summed E-state index contributed by atoms with van der Waals surface area (Å²) in [7, 11) is 0. The third-order valence-electron chi connectivity index (χ3n) is 3.12. The highest BCUT2D eigenvalue weighted by atomic mass is 16.2. The molecule has 2 rings (SSSR count). The van der Waals surface area contributed by atoms with Crippen molar-refractivity contribution in [2.75, 3.05) is 0 Å². The number of amides is 1. The van der Waals surface area contributed by atoms with Crippen molar-refractivity contribution in [1.29, 1.82) is 0 Å². The number of hydrogen-bond acceptors (Lipinski definition) is 1. The van der Waals surface area contributed by atoms with E-state index < -0.39 is 0 Å². The summed E-state index contributed by atoms with van der Waals surface area (Å²) in [6.45, 7) is 2.12. The van der Waals surface area contributed by atoms with Crippen molar-refractivity contribution in [3.05, 3.63) is 0 Å². The Balaban J connectivity index is 2.19. The van der Waals surface area contributed by atoms with Crippen LogP contribution in [0.15, 0.2) is 0 Å². The summed E-state index contributed by atoms with van der Waals surface area (Å²) in [4.78, 5) is 11.2. The smallest absolute Gasteiger partial charge is 0.228 e. The molecule has 10 heavy (non-hydrogen) atoms. The number of carbonyl (C=O) groups excluding carboxylic acids is 1. The molecule has 0 aromatic heterocycles. The maximum Gasteiger partial charge on any atom is 0.228 e. The van der Waals surface area contributed by atoms with Gasteiger partial charge in [-0.05, 0) is 19.8 Å². The predicted octanol–water partition coefficient (Wildman–Crippen LogP) is 1.07. The van der Waals surface area contributed by atoms with Crippen LogP contribution in [-0.4, -0.2) is 11.9 Å². The second-order valence-electron chi connectivity index (χ2n) is 3.56. The summed E-state index contributed by atoms with van der Waals surface area (Å²) < 4.78 is 0. The van der Waals surface area contributed by atoms with Crippen LogP contribution in [-0.2, 0) is 4.79 Å². The van der Waals surface area contributed by atoms with Crippen molar-refractivity contribution >= 4 is 5.91 Å². The second kappa shape index (κ2) is 1.74. The van der Waals surface area contributed by atoms with E-state index in [4.69, 9.17) is 0 Å². The van der Waals surface area contributed by atoms with Crippen LogP contribution in [0.1, 0.15) is 32.6 Å². The summed E-state index contributed by atoms with van der Waals surface area (Å²) in [5.41, 5.74) is 0.0833. The van der Waals surface area contributed by atoms with Crippen molar-refractivity contribution in [1.82, 2.24) is 5.32 Å². The molecule has 0 aromatic rings. The van der Waals surface area contributed by atoms with E-state index in [0.29, 0.717) is 11.9 Å². The van der Waals surface area contributed by atoms with Crippen LogP contribution in [0, 0.1) is 5.41 Å². The minimum atomic E-state index is 0.0833. The first-order valence-corrected chi connectivity index (χ1v) is 4.07. The normalized spacial score (nSPS) is 35.7. The minimum Gasteiger partial charge on any atom is -0.352 e. The van der Waals surface area contributed by atoms with Gasteiger partial charge in [-0.2, -0.15) is 0 Å². The Bertz CT molecular complexity index is 170. The van der Waals surface area contributed by atoms with Gasteiger partial charge >= 0.3 is 0 Å². The zero-order chi connectivity index (χ0) is 7.19. The van der Waals surface area contributed by atoms with Gasteiger partial charge in [-0.3, -0.25) is 4.79 Å². The number of hydrogen-bond donors (Lipinski definition) is 1. The standard InChI is InChI=1S/C8H13NO/c1-6-8(7(10)9-6)4-2-3-5-8/h6H,2-5H2,1H3,(H,9,10). The molecule has 56 valence electrons. The van der Waals surface area contributed by atoms with Crippen LogP contribution in [0.25, 0.3) is 0 Å². The van der Waals surface area contributed by atoms with Gasteiger partial charge in [0, 0.05) is 6.04 Å². The molecule has 1 atom stereocenters. The fourth-order valence-corrected chi connectivity index (χ4v) is 2.26. The highest BCUT2D eigenvalue weighted by Crippen LogP contribution is 2.46. The van der Waals surface area contributed by atoms with Gasteiger partial charge < -0.3 is 5.32 Å². The third-order valence-corrected chi connectivity index (χ3v) is 3.12. The molecule has 1 heterocycles. The van der Waals surface area contributed by atoms with Gasteiger partial charge in [0.15, 0.2) is 0 Å². The second-order valence-corrected chi connectivity index (χ2v) is 3.56. The molecule has 1 spiro atoms. The van der Waals surface area contributed by atoms with Gasteiger partial charge in [-0.15, -0.1) is 0 Å². The zero-order valence-corrected chi connectivity index (χ0v) is 6.31. The summed E-state index contributed by atoms with van der Waals surface area (Å²) in [6.07, 6.45) is 4.75. The summed E-state index contributed by atoms with van der Waals surface area (Å²) >= 11 is 0. The molecule has 2 nitrogen and oxygen atoms in total. The van der Waals surface area contributed by atoms with E-state index in [9.17, 15) is 4.79 Å². The summed E-state index contributed by atoms with van der Waals surface area (Å²) in [5.74, 6) is 0.303. The Labute approximate surface area is 61.0 Å². The number of nitrogens with one attached hydrogen (secondary N) is 1. The molecule has 1 saturated carbocycles. The number of β-lactam (4-membered cyclic amide) rings is 1. The highest BCUT2D eigenvalue weighted by Gasteiger charge is 2.53. The van der Waals surface area contributed by atoms with Gasteiger partial charge in [-0.1, -0.05) is 12.8 Å². The molecule has 2 fully saturated rings. The maximum absolute atomic E-state index is 11.2. The van der Waals surface area contributed by atoms with Crippen LogP contribution in [0.3, 0.4) is 0 Å². The van der Waals surface area contributed by atoms with E-state index in [0.717, 1.165) is 12.8 Å². The Morgan fingerprint density at radius 1 is 1.50 bits per heavy atom. The fraction of sp³-hybridized carbons (Fsp3) is 0.875. The lowest BCUT2D eigenvalue weighted by Crippen LogP contribution is -2.64. The average molecular weight is 139 g/mol. The Morgan fingerprint density at radius 3 is 2.40 bits per heavy atom. The van der Waals surface area contributed by atoms with Crippen LogP contribution >= 0.6 is 0 Å². The van der Waals surface area contributed by atoms with Crippen molar-refractivity contribution < 1.29 is 4.79 Å². The van der Waals surface area contributed by atoms with E-state index in [1.165, 1.54) is 12.8 Å². The van der Waals surface area contributed by atoms with Crippen LogP contribution in [0.2, 0.25) is 0 Å². The molecule has 1 N–H and O–H groups in total. The molecule has 2 aliphatic rings. The number of carbonyl (C=O) groups is 1. The highest BCUT2D eigenvalue weighted by molar-refractivity contribution is 5.90. The van der Waals surface area contributed by atoms with E-state index >= 15 is 0 Å². The van der Waals surface area contributed by atoms with Crippen molar-refractivity contribution in [2.45, 2.75) is 38.6 Å². The first-order valence-electron chi connectivity index (χ1n) is 4.07. The Hall–Kier alpha value is -0.530. The van der Waals surface area contributed by atoms with Gasteiger partial charge in [-0.25, -0.2) is 0 Å². The fourth-order valence-electron chi connectivity index (χ4n) is 2.26. The first kappa shape index (κ1) is 6.20. The van der Waals surface area contributed by atoms with Gasteiger partial charge in [0.1, 0.15) is 0 Å². The molecule has 1 amide bonds. The van der Waals surface area contributed by atoms with Crippen molar-refractivity contribution in [3.63, 3.8) is 0 Å². The van der Waals surface area contributed by atoms with Crippen LogP contribution < -0.4 is 5.32 Å². The lowest BCUT2D eigenvalue weighted by atomic mass is 9.72. The van der Waals surface area contributed by atoms with E-state index in [2.05, 4.69) is 12.2 Å². The predicted molar refractivity (Wildman–Crippen MR) is 38.5 cm³/mol. The molecule has 0 bridgehead atoms. The lowest BCUT2D eigenvalue weighted by Gasteiger charge is -2.44. The van der Waals surface area contributed by atoms with Gasteiger partial charge in [0.25, 0.3) is 0 Å². The molecule has 1 aliphatic carbocycles. The van der Waals surface area contributed by atoms with E-state index in [1.54, 1.807) is 0 Å². The van der Waals surface area contributed by atoms with Crippen LogP contribution in [0.4, 0.5) is 0 Å². The molecular weight excluding hydrogens is 126 g/mol. The largest absolute Gasteiger partial charge is 0.352 e. The zero-order valence-electron chi connectivity index (χ0n) is 6.31. The average Bonchev–Trinajstić information content (AvgIpc) is 2.37. The van der Waals surface area contributed by atoms with E-state index in [-0.39, 0.29) is 5.41 Å². The molecule has 2 heteroatoms. The molecular formula is C8H13NO. The van der Waals surface area contributed by atoms with Gasteiger partial charge in [0.2, 0.25) is 5.91 Å². The lowest BCUT2D eigenvalue weighted by molar-refractivity contribution is -0.144. The maximum atomic E-state index is 11.2. The molecule has 1 aliphatic heterocycles. The number of rotatable bonds is 0. The third kappa shape index (κ3) is 0.522. The van der Waals surface area contributed by atoms with E-state index in [1.807, 2.05) is 0 Å². The van der Waals surface area contributed by atoms with Crippen molar-refractivity contribution in [2.24, 2.45) is 5.41 Å². The molecule has 1 saturated heterocycles. The summed E-state index contributed by atoms with van der Waals surface area (Å²) in [5, 5.41) is 2.90. The molecule has 1 unspecified atom stereocenters. The quantitative estimate of drug-likeness (QED) is 0.500. The minimum absolute atomic E-state index is 0.0833. The molecule has 0 aromatic carbocycles. The van der Waals surface area contributed by atoms with Crippen molar-refractivity contribution in [3.8, 4) is 0 Å². The SMILES string of the molecule is CC1NC(=O)C12CCCC2. The van der Waals surface area contributed by atoms with Gasteiger partial charge in [0.05, 0.1) is 5.41 Å². The first-order chi connectivity index (χ1) is 4.76. The van der Waals surface area contributed by atoms with Crippen LogP contribution in [0.5, 0.6) is 0 Å².